The average Bonchev–Trinajstić information content (AvgIpc) is 2.72. The maximum Gasteiger partial charge on any atom is 0.192 e. The normalized spacial score (nSPS) is 10.8. The van der Waals surface area contributed by atoms with E-state index in [1.165, 1.54) is 18.1 Å². The Morgan fingerprint density at radius 1 is 1.44 bits per heavy atom. The van der Waals surface area contributed by atoms with Gasteiger partial charge in [0.1, 0.15) is 23.1 Å². The lowest BCUT2D eigenvalue weighted by molar-refractivity contribution is 0.128. The number of nitrogens with zero attached hydrogens (tertiary/aromatic N) is 5. The predicted molar refractivity (Wildman–Crippen MR) is 67.5 cm³/mol. The van der Waals surface area contributed by atoms with Crippen LogP contribution in [-0.2, 0) is 18.4 Å². The fourth-order valence-electron chi connectivity index (χ4n) is 1.22. The fourth-order valence-corrected chi connectivity index (χ4v) is 2.28. The van der Waals surface area contributed by atoms with Crippen molar-refractivity contribution in [3.05, 3.63) is 23.4 Å². The zero-order chi connectivity index (χ0) is 13.0. The first-order chi connectivity index (χ1) is 8.69. The molecule has 2 heterocycles. The van der Waals surface area contributed by atoms with E-state index in [-0.39, 0.29) is 0 Å². The van der Waals surface area contributed by atoms with Crippen LogP contribution in [0.2, 0.25) is 5.15 Å². The van der Waals surface area contributed by atoms with E-state index in [9.17, 15) is 0 Å². The number of aryl methyl sites for hydroxylation is 1. The van der Waals surface area contributed by atoms with Gasteiger partial charge in [-0.1, -0.05) is 11.6 Å². The summed E-state index contributed by atoms with van der Waals surface area (Å²) in [6.07, 6.45) is 1.49. The Hall–Kier alpha value is -1.18. The van der Waals surface area contributed by atoms with Crippen LogP contribution in [0.5, 0.6) is 0 Å². The van der Waals surface area contributed by atoms with E-state index >= 15 is 0 Å². The Bertz CT molecular complexity index is 533. The first-order valence-corrected chi connectivity index (χ1v) is 6.51. The van der Waals surface area contributed by atoms with Gasteiger partial charge < -0.3 is 4.74 Å². The minimum atomic E-state index is 0.351. The van der Waals surface area contributed by atoms with Gasteiger partial charge in [0.05, 0.1) is 0 Å². The Kier molecular flexibility index (Phi) is 4.51. The van der Waals surface area contributed by atoms with Crippen molar-refractivity contribution in [3.8, 4) is 0 Å². The summed E-state index contributed by atoms with van der Waals surface area (Å²) in [6.45, 7) is 2.88. The molecule has 0 amide bonds. The summed E-state index contributed by atoms with van der Waals surface area (Å²) in [5.74, 6) is 0.564. The molecule has 18 heavy (non-hydrogen) atoms. The van der Waals surface area contributed by atoms with Gasteiger partial charge in [0, 0.05) is 19.7 Å². The van der Waals surface area contributed by atoms with Crippen LogP contribution in [0.1, 0.15) is 12.7 Å². The molecule has 2 rings (SSSR count). The molecule has 0 aromatic carbocycles. The van der Waals surface area contributed by atoms with Gasteiger partial charge in [-0.25, -0.2) is 19.6 Å². The summed E-state index contributed by atoms with van der Waals surface area (Å²) in [5, 5.41) is 5.85. The molecule has 0 unspecified atom stereocenters. The maximum atomic E-state index is 5.95. The van der Waals surface area contributed by atoms with E-state index in [2.05, 4.69) is 20.1 Å². The van der Waals surface area contributed by atoms with Gasteiger partial charge in [-0.3, -0.25) is 0 Å². The van der Waals surface area contributed by atoms with Gasteiger partial charge in [-0.2, -0.15) is 5.10 Å². The molecule has 0 N–H and O–H groups in total. The first kappa shape index (κ1) is 13.3. The number of hydrogen-bond donors (Lipinski definition) is 0. The Labute approximate surface area is 114 Å². The summed E-state index contributed by atoms with van der Waals surface area (Å²) in [7, 11) is 1.82. The molecule has 0 fully saturated rings. The van der Waals surface area contributed by atoms with Crippen molar-refractivity contribution in [2.45, 2.75) is 23.7 Å². The minimum Gasteiger partial charge on any atom is -0.374 e. The zero-order valence-electron chi connectivity index (χ0n) is 10.00. The molecule has 2 aromatic heterocycles. The van der Waals surface area contributed by atoms with E-state index in [0.717, 1.165) is 10.2 Å². The van der Waals surface area contributed by atoms with Crippen LogP contribution in [0, 0.1) is 0 Å². The number of hydrogen-bond acceptors (Lipinski definition) is 6. The van der Waals surface area contributed by atoms with Crippen molar-refractivity contribution in [2.75, 3.05) is 6.61 Å². The second-order valence-corrected chi connectivity index (χ2v) is 4.73. The molecular formula is C10H12ClN5OS. The summed E-state index contributed by atoms with van der Waals surface area (Å²) in [5.41, 5.74) is 0. The molecule has 0 saturated carbocycles. The first-order valence-electron chi connectivity index (χ1n) is 5.32. The molecule has 0 aliphatic rings. The van der Waals surface area contributed by atoms with Crippen LogP contribution in [-0.4, -0.2) is 31.3 Å². The third-order valence-electron chi connectivity index (χ3n) is 2.02. The highest BCUT2D eigenvalue weighted by Crippen LogP contribution is 2.25. The smallest absolute Gasteiger partial charge is 0.192 e. The molecule has 0 aliphatic heterocycles. The SMILES string of the molecule is CCOCc1nc(Cl)cc(Sc2ncnn2C)n1. The topological polar surface area (TPSA) is 65.7 Å². The lowest BCUT2D eigenvalue weighted by atomic mass is 10.6. The van der Waals surface area contributed by atoms with Crippen LogP contribution in [0.15, 0.2) is 22.6 Å². The largest absolute Gasteiger partial charge is 0.374 e. The zero-order valence-corrected chi connectivity index (χ0v) is 11.6. The predicted octanol–water partition coefficient (Wildman–Crippen LogP) is 1.95. The van der Waals surface area contributed by atoms with Gasteiger partial charge in [0.2, 0.25) is 0 Å². The van der Waals surface area contributed by atoms with Gasteiger partial charge in [-0.15, -0.1) is 0 Å². The van der Waals surface area contributed by atoms with E-state index in [1.54, 1.807) is 10.7 Å². The third kappa shape index (κ3) is 3.41. The highest BCUT2D eigenvalue weighted by molar-refractivity contribution is 7.99. The van der Waals surface area contributed by atoms with Crippen molar-refractivity contribution < 1.29 is 4.74 Å². The summed E-state index contributed by atoms with van der Waals surface area (Å²) in [6, 6.07) is 1.69. The van der Waals surface area contributed by atoms with E-state index < -0.39 is 0 Å². The highest BCUT2D eigenvalue weighted by Gasteiger charge is 2.08. The molecule has 0 bridgehead atoms. The standard InChI is InChI=1S/C10H12ClN5OS/c1-3-17-5-8-14-7(11)4-9(15-8)18-10-12-6-13-16(10)2/h4,6H,3,5H2,1-2H3. The van der Waals surface area contributed by atoms with Crippen LogP contribution >= 0.6 is 23.4 Å². The lowest BCUT2D eigenvalue weighted by Gasteiger charge is -2.04. The van der Waals surface area contributed by atoms with Gasteiger partial charge in [-0.05, 0) is 18.7 Å². The third-order valence-corrected chi connectivity index (χ3v) is 3.18. The van der Waals surface area contributed by atoms with Crippen molar-refractivity contribution in [1.82, 2.24) is 24.7 Å². The highest BCUT2D eigenvalue weighted by atomic mass is 35.5. The molecule has 8 heteroatoms. The van der Waals surface area contributed by atoms with Crippen LogP contribution in [0.25, 0.3) is 0 Å². The van der Waals surface area contributed by atoms with Crippen LogP contribution in [0.3, 0.4) is 0 Å². The summed E-state index contributed by atoms with van der Waals surface area (Å²) < 4.78 is 6.93. The Morgan fingerprint density at radius 3 is 2.94 bits per heavy atom. The van der Waals surface area contributed by atoms with E-state index in [4.69, 9.17) is 16.3 Å². The van der Waals surface area contributed by atoms with Gasteiger partial charge >= 0.3 is 0 Å². The molecule has 2 aromatic rings. The van der Waals surface area contributed by atoms with Crippen LogP contribution in [0.4, 0.5) is 0 Å². The van der Waals surface area contributed by atoms with Crippen molar-refractivity contribution in [1.29, 1.82) is 0 Å². The van der Waals surface area contributed by atoms with Crippen molar-refractivity contribution in [3.63, 3.8) is 0 Å². The summed E-state index contributed by atoms with van der Waals surface area (Å²) >= 11 is 7.33. The molecule has 96 valence electrons. The molecule has 0 spiro atoms. The van der Waals surface area contributed by atoms with Gasteiger partial charge in [0.15, 0.2) is 11.0 Å². The quantitative estimate of drug-likeness (QED) is 0.782. The molecule has 6 nitrogen and oxygen atoms in total. The minimum absolute atomic E-state index is 0.351. The Balaban J connectivity index is 2.17. The number of rotatable bonds is 5. The average molecular weight is 286 g/mol. The fraction of sp³-hybridized carbons (Fsp3) is 0.400. The number of aromatic nitrogens is 5. The lowest BCUT2D eigenvalue weighted by Crippen LogP contribution is -2.01. The Morgan fingerprint density at radius 2 is 2.28 bits per heavy atom. The van der Waals surface area contributed by atoms with Crippen molar-refractivity contribution >= 4 is 23.4 Å². The molecule has 0 radical (unpaired) electrons. The van der Waals surface area contributed by atoms with E-state index in [0.29, 0.717) is 24.2 Å². The van der Waals surface area contributed by atoms with E-state index in [1.807, 2.05) is 14.0 Å². The summed E-state index contributed by atoms with van der Waals surface area (Å²) in [4.78, 5) is 12.6. The maximum absolute atomic E-state index is 5.95. The molecule has 0 aliphatic carbocycles. The van der Waals surface area contributed by atoms with Crippen LogP contribution < -0.4 is 0 Å². The monoisotopic (exact) mass is 285 g/mol. The van der Waals surface area contributed by atoms with Crippen molar-refractivity contribution in [2.24, 2.45) is 7.05 Å². The van der Waals surface area contributed by atoms with Gasteiger partial charge in [0.25, 0.3) is 0 Å². The second kappa shape index (κ2) is 6.12. The molecule has 0 atom stereocenters. The molecular weight excluding hydrogens is 274 g/mol. The number of ether oxygens (including phenoxy) is 1. The number of halogens is 1. The second-order valence-electron chi connectivity index (χ2n) is 3.35. The molecule has 0 saturated heterocycles.